The van der Waals surface area contributed by atoms with Gasteiger partial charge in [0.1, 0.15) is 5.69 Å². The van der Waals surface area contributed by atoms with Gasteiger partial charge in [-0.25, -0.2) is 0 Å². The van der Waals surface area contributed by atoms with Crippen LogP contribution in [-0.4, -0.2) is 47.7 Å². The molecule has 1 aromatic carbocycles. The summed E-state index contributed by atoms with van der Waals surface area (Å²) < 4.78 is 20.0. The average molecular weight is 394 g/mol. The van der Waals surface area contributed by atoms with Crippen molar-refractivity contribution in [3.63, 3.8) is 0 Å². The quantitative estimate of drug-likeness (QED) is 0.539. The fraction of sp³-hybridized carbons (Fsp3) is 0.714. The first kappa shape index (κ1) is 21.0. The highest BCUT2D eigenvalue weighted by atomic mass is 19.1. The molecule has 0 amide bonds. The Kier molecular flexibility index (Phi) is 7.24. The van der Waals surface area contributed by atoms with Gasteiger partial charge in [0.25, 0.3) is 0 Å². The number of nitro benzene ring substituents is 1. The minimum atomic E-state index is -0.773. The predicted octanol–water partition coefficient (Wildman–Crippen LogP) is 4.66. The molecule has 3 rings (SSSR count). The van der Waals surface area contributed by atoms with E-state index in [9.17, 15) is 14.5 Å². The molecular weight excluding hydrogens is 361 g/mol. The number of halogens is 1. The van der Waals surface area contributed by atoms with Crippen molar-refractivity contribution in [2.75, 3.05) is 25.0 Å². The Morgan fingerprint density at radius 1 is 1.29 bits per heavy atom. The van der Waals surface area contributed by atoms with Gasteiger partial charge >= 0.3 is 5.69 Å². The summed E-state index contributed by atoms with van der Waals surface area (Å²) >= 11 is 0. The number of likely N-dealkylation sites (tertiary alicyclic amines) is 1. The molecule has 2 aliphatic rings. The zero-order valence-electron chi connectivity index (χ0n) is 17.0. The van der Waals surface area contributed by atoms with Crippen LogP contribution in [0.2, 0.25) is 0 Å². The molecule has 1 saturated heterocycles. The molecule has 7 heteroatoms. The Bertz CT molecular complexity index is 677. The van der Waals surface area contributed by atoms with Gasteiger partial charge in [-0.1, -0.05) is 6.92 Å². The van der Waals surface area contributed by atoms with E-state index in [0.717, 1.165) is 51.8 Å². The van der Waals surface area contributed by atoms with Crippen molar-refractivity contribution in [2.24, 2.45) is 0 Å². The summed E-state index contributed by atoms with van der Waals surface area (Å²) in [5.41, 5.74) is 0.534. The number of aryl methyl sites for hydroxylation is 1. The van der Waals surface area contributed by atoms with E-state index in [0.29, 0.717) is 23.4 Å². The zero-order valence-corrected chi connectivity index (χ0v) is 17.0. The van der Waals surface area contributed by atoms with Crippen LogP contribution in [0.25, 0.3) is 0 Å². The molecular formula is C21H32FN3O3. The van der Waals surface area contributed by atoms with Gasteiger partial charge in [-0.05, 0) is 69.6 Å². The van der Waals surface area contributed by atoms with Gasteiger partial charge in [0.2, 0.25) is 5.82 Å². The molecule has 0 spiro atoms. The van der Waals surface area contributed by atoms with Crippen molar-refractivity contribution in [1.82, 2.24) is 4.90 Å². The summed E-state index contributed by atoms with van der Waals surface area (Å²) in [6.07, 6.45) is 7.96. The summed E-state index contributed by atoms with van der Waals surface area (Å²) in [7, 11) is 0. The maximum Gasteiger partial charge on any atom is 0.327 e. The minimum absolute atomic E-state index is 0.131. The molecule has 0 aromatic heterocycles. The molecule has 156 valence electrons. The summed E-state index contributed by atoms with van der Waals surface area (Å²) in [4.78, 5) is 13.2. The van der Waals surface area contributed by atoms with Crippen LogP contribution in [0.3, 0.4) is 0 Å². The molecule has 1 N–H and O–H groups in total. The Labute approximate surface area is 166 Å². The number of hydrogen-bond acceptors (Lipinski definition) is 5. The van der Waals surface area contributed by atoms with Crippen molar-refractivity contribution >= 4 is 11.4 Å². The number of rotatable bonds is 7. The first-order chi connectivity index (χ1) is 13.5. The van der Waals surface area contributed by atoms with E-state index in [1.807, 2.05) is 0 Å². The lowest BCUT2D eigenvalue weighted by atomic mass is 9.90. The van der Waals surface area contributed by atoms with Crippen LogP contribution in [-0.2, 0) is 4.74 Å². The van der Waals surface area contributed by atoms with Gasteiger partial charge in [0.05, 0.1) is 11.0 Å². The minimum Gasteiger partial charge on any atom is -0.378 e. The van der Waals surface area contributed by atoms with Gasteiger partial charge in [-0.3, -0.25) is 10.1 Å². The van der Waals surface area contributed by atoms with Crippen LogP contribution in [0.15, 0.2) is 12.1 Å². The number of ether oxygens (including phenoxy) is 1. The Balaban J connectivity index is 1.55. The van der Waals surface area contributed by atoms with Gasteiger partial charge < -0.3 is 15.0 Å². The molecule has 2 fully saturated rings. The summed E-state index contributed by atoms with van der Waals surface area (Å²) in [5, 5.41) is 14.5. The maximum absolute atomic E-state index is 14.0. The van der Waals surface area contributed by atoms with Crippen LogP contribution in [0.4, 0.5) is 15.8 Å². The second-order valence-corrected chi connectivity index (χ2v) is 8.17. The lowest BCUT2D eigenvalue weighted by Gasteiger charge is -2.41. The number of piperidine rings is 1. The molecule has 2 atom stereocenters. The number of nitrogens with one attached hydrogen (secondary N) is 1. The van der Waals surface area contributed by atoms with Gasteiger partial charge in [-0.15, -0.1) is 0 Å². The average Bonchev–Trinajstić information content (AvgIpc) is 2.66. The monoisotopic (exact) mass is 393 g/mol. The summed E-state index contributed by atoms with van der Waals surface area (Å²) in [6, 6.07) is 3.59. The number of nitrogens with zero attached hydrogens (tertiary/aromatic N) is 2. The molecule has 0 unspecified atom stereocenters. The normalized spacial score (nSPS) is 24.2. The van der Waals surface area contributed by atoms with Gasteiger partial charge in [0, 0.05) is 31.8 Å². The van der Waals surface area contributed by atoms with E-state index >= 15 is 0 Å². The van der Waals surface area contributed by atoms with Crippen molar-refractivity contribution in [1.29, 1.82) is 0 Å². The molecule has 1 saturated carbocycles. The highest BCUT2D eigenvalue weighted by Crippen LogP contribution is 2.32. The van der Waals surface area contributed by atoms with Gasteiger partial charge in [0.15, 0.2) is 0 Å². The first-order valence-corrected chi connectivity index (χ1v) is 10.5. The third-order valence-corrected chi connectivity index (χ3v) is 5.95. The van der Waals surface area contributed by atoms with Crippen LogP contribution in [0.1, 0.15) is 57.4 Å². The predicted molar refractivity (Wildman–Crippen MR) is 108 cm³/mol. The Morgan fingerprint density at radius 3 is 2.71 bits per heavy atom. The number of nitro groups is 1. The fourth-order valence-electron chi connectivity index (χ4n) is 4.55. The van der Waals surface area contributed by atoms with E-state index in [-0.39, 0.29) is 6.04 Å². The topological polar surface area (TPSA) is 67.6 Å². The maximum atomic E-state index is 14.0. The van der Waals surface area contributed by atoms with Crippen LogP contribution >= 0.6 is 0 Å². The SMILES string of the molecule is CCCO[C@H]1CCC[C@@H](N2CCC(Nc3cc(C)cc(F)c3[N+](=O)[O-])CC2)C1. The smallest absolute Gasteiger partial charge is 0.327 e. The fourth-order valence-corrected chi connectivity index (χ4v) is 4.55. The molecule has 28 heavy (non-hydrogen) atoms. The summed E-state index contributed by atoms with van der Waals surface area (Å²) in [5.74, 6) is -0.773. The first-order valence-electron chi connectivity index (χ1n) is 10.5. The number of anilines is 1. The number of benzene rings is 1. The van der Waals surface area contributed by atoms with Crippen LogP contribution in [0, 0.1) is 22.9 Å². The highest BCUT2D eigenvalue weighted by molar-refractivity contribution is 5.64. The van der Waals surface area contributed by atoms with E-state index in [4.69, 9.17) is 4.74 Å². The second-order valence-electron chi connectivity index (χ2n) is 8.17. The lowest BCUT2D eigenvalue weighted by molar-refractivity contribution is -0.386. The van der Waals surface area contributed by atoms with Crippen molar-refractivity contribution in [2.45, 2.75) is 77.0 Å². The number of hydrogen-bond donors (Lipinski definition) is 1. The molecule has 1 aliphatic heterocycles. The molecule has 0 bridgehead atoms. The van der Waals surface area contributed by atoms with E-state index in [2.05, 4.69) is 17.1 Å². The molecule has 1 heterocycles. The third kappa shape index (κ3) is 5.20. The van der Waals surface area contributed by atoms with Gasteiger partial charge in [-0.2, -0.15) is 4.39 Å². The van der Waals surface area contributed by atoms with Crippen molar-refractivity contribution in [3.05, 3.63) is 33.6 Å². The highest BCUT2D eigenvalue weighted by Gasteiger charge is 2.31. The molecule has 1 aromatic rings. The zero-order chi connectivity index (χ0) is 20.1. The Hall–Kier alpha value is -1.73. The molecule has 6 nitrogen and oxygen atoms in total. The lowest BCUT2D eigenvalue weighted by Crippen LogP contribution is -2.47. The van der Waals surface area contributed by atoms with E-state index in [1.54, 1.807) is 13.0 Å². The standard InChI is InChI=1S/C21H32FN3O3/c1-3-11-28-18-6-4-5-17(14-18)24-9-7-16(8-10-24)23-20-13-15(2)12-19(22)21(20)25(26)27/h12-13,16-18,23H,3-11,14H2,1-2H3/t17-,18+/m1/s1. The van der Waals surface area contributed by atoms with Crippen LogP contribution < -0.4 is 5.32 Å². The van der Waals surface area contributed by atoms with E-state index in [1.165, 1.54) is 18.9 Å². The van der Waals surface area contributed by atoms with Crippen molar-refractivity contribution in [3.8, 4) is 0 Å². The second kappa shape index (κ2) is 9.65. The molecule has 0 radical (unpaired) electrons. The van der Waals surface area contributed by atoms with E-state index < -0.39 is 16.4 Å². The van der Waals surface area contributed by atoms with Crippen LogP contribution in [0.5, 0.6) is 0 Å². The molecule has 1 aliphatic carbocycles. The third-order valence-electron chi connectivity index (χ3n) is 5.95. The van der Waals surface area contributed by atoms with Crippen molar-refractivity contribution < 1.29 is 14.1 Å². The Morgan fingerprint density at radius 2 is 2.04 bits per heavy atom. The summed E-state index contributed by atoms with van der Waals surface area (Å²) in [6.45, 7) is 6.66. The largest absolute Gasteiger partial charge is 0.378 e.